The third-order valence-electron chi connectivity index (χ3n) is 6.02. The molecule has 3 heterocycles. The summed E-state index contributed by atoms with van der Waals surface area (Å²) in [4.78, 5) is 12.7. The Morgan fingerprint density at radius 3 is 2.81 bits per heavy atom. The summed E-state index contributed by atoms with van der Waals surface area (Å²) >= 11 is 0. The van der Waals surface area contributed by atoms with Gasteiger partial charge in [0.25, 0.3) is 0 Å². The Labute approximate surface area is 178 Å². The molecule has 6 heteroatoms. The molecule has 2 aliphatic rings. The molecular weight excluding hydrogens is 395 g/mol. The molecule has 0 unspecified atom stereocenters. The van der Waals surface area contributed by atoms with Crippen molar-refractivity contribution in [1.29, 1.82) is 0 Å². The monoisotopic (exact) mass is 414 g/mol. The van der Waals surface area contributed by atoms with Crippen LogP contribution in [-0.2, 0) is 11.3 Å². The Hall–Kier alpha value is -3.80. The second-order valence-electron chi connectivity index (χ2n) is 7.96. The second kappa shape index (κ2) is 6.87. The van der Waals surface area contributed by atoms with E-state index < -0.39 is 0 Å². The number of fused-ring (bicyclic) bond motifs is 1. The van der Waals surface area contributed by atoms with Crippen LogP contribution in [0.5, 0.6) is 11.5 Å². The Kier molecular flexibility index (Phi) is 3.99. The summed E-state index contributed by atoms with van der Waals surface area (Å²) in [6.07, 6.45) is 2.42. The van der Waals surface area contributed by atoms with E-state index in [1.54, 1.807) is 12.1 Å². The number of rotatable bonds is 3. The fourth-order valence-corrected chi connectivity index (χ4v) is 4.64. The molecule has 0 aliphatic carbocycles. The number of ether oxygens (including phenoxy) is 2. The molecule has 1 aromatic heterocycles. The zero-order chi connectivity index (χ0) is 20.9. The van der Waals surface area contributed by atoms with E-state index in [1.165, 1.54) is 6.07 Å². The first-order chi connectivity index (χ1) is 15.2. The van der Waals surface area contributed by atoms with E-state index in [9.17, 15) is 9.18 Å². The number of halogens is 1. The Morgan fingerprint density at radius 2 is 1.90 bits per heavy atom. The molecule has 2 aliphatic heterocycles. The first kappa shape index (κ1) is 18.0. The fourth-order valence-electron chi connectivity index (χ4n) is 4.64. The zero-order valence-electron chi connectivity index (χ0n) is 16.6. The topological polar surface area (TPSA) is 52.5 Å². The van der Waals surface area contributed by atoms with Crippen LogP contribution in [0.1, 0.15) is 29.0 Å². The van der Waals surface area contributed by atoms with E-state index in [2.05, 4.69) is 16.1 Å². The molecule has 0 radical (unpaired) electrons. The van der Waals surface area contributed by atoms with Crippen LogP contribution in [0.2, 0.25) is 0 Å². The molecule has 6 rings (SSSR count). The first-order valence-corrected chi connectivity index (χ1v) is 10.2. The third-order valence-corrected chi connectivity index (χ3v) is 6.02. The van der Waals surface area contributed by atoms with Gasteiger partial charge >= 0.3 is 0 Å². The quantitative estimate of drug-likeness (QED) is 0.512. The maximum atomic E-state index is 13.7. The van der Waals surface area contributed by atoms with E-state index in [-0.39, 0.29) is 24.4 Å². The van der Waals surface area contributed by atoms with E-state index in [1.807, 2.05) is 42.5 Å². The van der Waals surface area contributed by atoms with Gasteiger partial charge in [-0.15, -0.1) is 0 Å². The lowest BCUT2D eigenvalue weighted by atomic mass is 9.88. The van der Waals surface area contributed by atoms with E-state index in [0.29, 0.717) is 18.7 Å². The third kappa shape index (κ3) is 3.03. The van der Waals surface area contributed by atoms with Gasteiger partial charge in [0.05, 0.1) is 11.2 Å². The normalized spacial score (nSPS) is 16.9. The number of anilines is 1. The number of aromatic nitrogens is 1. The fraction of sp³-hybridized carbons (Fsp3) is 0.160. The molecule has 4 aromatic rings. The van der Waals surface area contributed by atoms with Gasteiger partial charge in [0.15, 0.2) is 11.5 Å². The molecule has 0 saturated carbocycles. The van der Waals surface area contributed by atoms with Crippen LogP contribution in [0.15, 0.2) is 66.9 Å². The molecule has 1 N–H and O–H groups in total. The van der Waals surface area contributed by atoms with Gasteiger partial charge in [-0.3, -0.25) is 4.79 Å². The van der Waals surface area contributed by atoms with Gasteiger partial charge in [-0.1, -0.05) is 24.3 Å². The highest BCUT2D eigenvalue weighted by atomic mass is 19.1. The average molecular weight is 414 g/mol. The Balaban J connectivity index is 1.51. The standard InChI is InChI=1S/C25H19FN2O3/c26-17-4-1-3-15(9-17)12-28-13-19-18(16-7-8-22-23(10-16)31-14-30-22)11-24(29)27-20-5-2-6-21(28)25(19)20/h1-10,13,18H,11-12,14H2,(H,27,29)/t18-/m0/s1. The molecule has 1 atom stereocenters. The van der Waals surface area contributed by atoms with Crippen LogP contribution in [0.25, 0.3) is 10.9 Å². The molecule has 0 bridgehead atoms. The molecule has 31 heavy (non-hydrogen) atoms. The number of hydrogen-bond donors (Lipinski definition) is 1. The van der Waals surface area contributed by atoms with Crippen LogP contribution < -0.4 is 14.8 Å². The Bertz CT molecular complexity index is 1340. The summed E-state index contributed by atoms with van der Waals surface area (Å²) < 4.78 is 26.9. The van der Waals surface area contributed by atoms with Gasteiger partial charge in [0.1, 0.15) is 5.82 Å². The van der Waals surface area contributed by atoms with Crippen LogP contribution >= 0.6 is 0 Å². The summed E-state index contributed by atoms with van der Waals surface area (Å²) in [5.41, 5.74) is 4.76. The average Bonchev–Trinajstić information content (AvgIpc) is 3.33. The van der Waals surface area contributed by atoms with Crippen molar-refractivity contribution in [3.05, 3.63) is 89.4 Å². The van der Waals surface area contributed by atoms with Gasteiger partial charge in [-0.2, -0.15) is 0 Å². The maximum absolute atomic E-state index is 13.7. The van der Waals surface area contributed by atoms with Crippen LogP contribution in [-0.4, -0.2) is 17.3 Å². The lowest BCUT2D eigenvalue weighted by Gasteiger charge is -2.15. The van der Waals surface area contributed by atoms with E-state index in [4.69, 9.17) is 9.47 Å². The zero-order valence-corrected chi connectivity index (χ0v) is 16.6. The van der Waals surface area contributed by atoms with Crippen molar-refractivity contribution in [2.24, 2.45) is 0 Å². The van der Waals surface area contributed by atoms with Gasteiger partial charge in [0.2, 0.25) is 12.7 Å². The van der Waals surface area contributed by atoms with Crippen molar-refractivity contribution in [1.82, 2.24) is 4.57 Å². The van der Waals surface area contributed by atoms with Crippen molar-refractivity contribution < 1.29 is 18.7 Å². The molecule has 0 fully saturated rings. The summed E-state index contributed by atoms with van der Waals surface area (Å²) in [6.45, 7) is 0.751. The minimum absolute atomic E-state index is 0.0250. The smallest absolute Gasteiger partial charge is 0.231 e. The number of carbonyl (C=O) groups is 1. The number of carbonyl (C=O) groups excluding carboxylic acids is 1. The molecule has 3 aromatic carbocycles. The van der Waals surface area contributed by atoms with Gasteiger partial charge in [-0.25, -0.2) is 4.39 Å². The molecule has 0 saturated heterocycles. The lowest BCUT2D eigenvalue weighted by molar-refractivity contribution is -0.116. The van der Waals surface area contributed by atoms with Crippen molar-refractivity contribution in [3.8, 4) is 11.5 Å². The molecular formula is C25H19FN2O3. The molecule has 1 amide bonds. The number of nitrogens with zero attached hydrogens (tertiary/aromatic N) is 1. The number of hydrogen-bond acceptors (Lipinski definition) is 3. The number of nitrogens with one attached hydrogen (secondary N) is 1. The van der Waals surface area contributed by atoms with Crippen LogP contribution in [0.4, 0.5) is 10.1 Å². The minimum atomic E-state index is -0.249. The predicted octanol–water partition coefficient (Wildman–Crippen LogP) is 5.03. The maximum Gasteiger partial charge on any atom is 0.231 e. The SMILES string of the molecule is O=C1C[C@@H](c2ccc3c(c2)OCO3)c2cn(Cc3cccc(F)c3)c3cccc(c23)N1. The van der Waals surface area contributed by atoms with Crippen molar-refractivity contribution in [2.75, 3.05) is 12.1 Å². The minimum Gasteiger partial charge on any atom is -0.454 e. The Morgan fingerprint density at radius 1 is 1.03 bits per heavy atom. The second-order valence-corrected chi connectivity index (χ2v) is 7.96. The summed E-state index contributed by atoms with van der Waals surface area (Å²) in [5.74, 6) is 1.01. The van der Waals surface area contributed by atoms with Gasteiger partial charge < -0.3 is 19.4 Å². The largest absolute Gasteiger partial charge is 0.454 e. The predicted molar refractivity (Wildman–Crippen MR) is 115 cm³/mol. The summed E-state index contributed by atoms with van der Waals surface area (Å²) in [7, 11) is 0. The molecule has 5 nitrogen and oxygen atoms in total. The van der Waals surface area contributed by atoms with Crippen LogP contribution in [0.3, 0.4) is 0 Å². The number of benzene rings is 3. The van der Waals surface area contributed by atoms with Crippen LogP contribution in [0, 0.1) is 5.82 Å². The van der Waals surface area contributed by atoms with Crippen molar-refractivity contribution in [3.63, 3.8) is 0 Å². The summed E-state index contributed by atoms with van der Waals surface area (Å²) in [6, 6.07) is 18.4. The molecule has 154 valence electrons. The number of amides is 1. The van der Waals surface area contributed by atoms with Gasteiger partial charge in [0, 0.05) is 30.5 Å². The first-order valence-electron chi connectivity index (χ1n) is 10.2. The lowest BCUT2D eigenvalue weighted by Crippen LogP contribution is -2.14. The van der Waals surface area contributed by atoms with E-state index in [0.717, 1.165) is 39.0 Å². The van der Waals surface area contributed by atoms with Gasteiger partial charge in [-0.05, 0) is 53.1 Å². The van der Waals surface area contributed by atoms with Crippen molar-refractivity contribution in [2.45, 2.75) is 18.9 Å². The highest BCUT2D eigenvalue weighted by Gasteiger charge is 2.29. The molecule has 0 spiro atoms. The highest BCUT2D eigenvalue weighted by molar-refractivity contribution is 6.06. The van der Waals surface area contributed by atoms with Crippen molar-refractivity contribution >= 4 is 22.5 Å². The highest BCUT2D eigenvalue weighted by Crippen LogP contribution is 2.43. The summed E-state index contributed by atoms with van der Waals surface area (Å²) in [5, 5.41) is 4.08. The van der Waals surface area contributed by atoms with E-state index >= 15 is 0 Å².